The van der Waals surface area contributed by atoms with Crippen molar-refractivity contribution in [2.75, 3.05) is 0 Å². The molecule has 17 heavy (non-hydrogen) atoms. The highest BCUT2D eigenvalue weighted by molar-refractivity contribution is 7.91. The Morgan fingerprint density at radius 2 is 1.53 bits per heavy atom. The number of sulfone groups is 1. The quantitative estimate of drug-likeness (QED) is 0.902. The zero-order chi connectivity index (χ0) is 12.3. The van der Waals surface area contributed by atoms with Crippen LogP contribution in [0.5, 0.6) is 0 Å². The number of benzene rings is 2. The van der Waals surface area contributed by atoms with Gasteiger partial charge in [-0.1, -0.05) is 30.3 Å². The Balaban J connectivity index is 2.52. The molecule has 2 aromatic carbocycles. The lowest BCUT2D eigenvalue weighted by Crippen LogP contribution is -2.03. The largest absolute Gasteiger partial charge is 0.326 e. The van der Waals surface area contributed by atoms with Gasteiger partial charge in [-0.05, 0) is 29.8 Å². The minimum atomic E-state index is -3.43. The molecule has 0 aromatic heterocycles. The topological polar surface area (TPSA) is 60.2 Å². The van der Waals surface area contributed by atoms with Crippen molar-refractivity contribution in [3.63, 3.8) is 0 Å². The average Bonchev–Trinajstić information content (AvgIpc) is 2.40. The van der Waals surface area contributed by atoms with Crippen LogP contribution in [0.4, 0.5) is 0 Å². The molecule has 3 nitrogen and oxygen atoms in total. The fraction of sp³-hybridized carbons (Fsp3) is 0.0769. The Morgan fingerprint density at radius 3 is 2.18 bits per heavy atom. The molecule has 0 bridgehead atoms. The Kier molecular flexibility index (Phi) is 3.26. The summed E-state index contributed by atoms with van der Waals surface area (Å²) in [5.41, 5.74) is 6.31. The maximum atomic E-state index is 12.3. The van der Waals surface area contributed by atoms with Crippen molar-refractivity contribution >= 4 is 9.84 Å². The van der Waals surface area contributed by atoms with Crippen LogP contribution in [-0.2, 0) is 16.4 Å². The van der Waals surface area contributed by atoms with Crippen molar-refractivity contribution in [3.05, 3.63) is 60.2 Å². The minimum Gasteiger partial charge on any atom is -0.326 e. The van der Waals surface area contributed by atoms with E-state index < -0.39 is 9.84 Å². The molecule has 2 aromatic rings. The summed E-state index contributed by atoms with van der Waals surface area (Å²) in [5.74, 6) is 0. The van der Waals surface area contributed by atoms with Crippen LogP contribution < -0.4 is 5.73 Å². The van der Waals surface area contributed by atoms with Gasteiger partial charge >= 0.3 is 0 Å². The molecule has 2 rings (SSSR count). The molecule has 0 spiro atoms. The molecule has 0 aliphatic heterocycles. The highest BCUT2D eigenvalue weighted by Crippen LogP contribution is 2.20. The predicted octanol–water partition coefficient (Wildman–Crippen LogP) is 1.98. The van der Waals surface area contributed by atoms with Gasteiger partial charge in [-0.2, -0.15) is 0 Å². The van der Waals surface area contributed by atoms with Crippen molar-refractivity contribution in [2.24, 2.45) is 5.73 Å². The van der Waals surface area contributed by atoms with E-state index >= 15 is 0 Å². The van der Waals surface area contributed by atoms with Crippen molar-refractivity contribution in [1.29, 1.82) is 0 Å². The molecule has 0 unspecified atom stereocenters. The van der Waals surface area contributed by atoms with Crippen LogP contribution in [0.25, 0.3) is 0 Å². The number of rotatable bonds is 3. The van der Waals surface area contributed by atoms with Gasteiger partial charge in [-0.25, -0.2) is 8.42 Å². The Morgan fingerprint density at radius 1 is 0.882 bits per heavy atom. The monoisotopic (exact) mass is 247 g/mol. The molecule has 88 valence electrons. The lowest BCUT2D eigenvalue weighted by Gasteiger charge is -2.05. The van der Waals surface area contributed by atoms with E-state index in [0.717, 1.165) is 5.56 Å². The standard InChI is InChI=1S/C13H13NO2S/c14-10-11-5-4-8-13(9-11)17(15,16)12-6-2-1-3-7-12/h1-9H,10,14H2. The number of hydrogen-bond acceptors (Lipinski definition) is 3. The second-order valence-corrected chi connectivity index (χ2v) is 5.62. The first-order valence-corrected chi connectivity index (χ1v) is 6.72. The summed E-state index contributed by atoms with van der Waals surface area (Å²) >= 11 is 0. The predicted molar refractivity (Wildman–Crippen MR) is 66.2 cm³/mol. The minimum absolute atomic E-state index is 0.284. The van der Waals surface area contributed by atoms with Crippen molar-refractivity contribution in [1.82, 2.24) is 0 Å². The van der Waals surface area contributed by atoms with Gasteiger partial charge in [0.25, 0.3) is 0 Å². The summed E-state index contributed by atoms with van der Waals surface area (Å²) < 4.78 is 24.5. The van der Waals surface area contributed by atoms with Crippen LogP contribution in [0.3, 0.4) is 0 Å². The molecule has 0 atom stereocenters. The third kappa shape index (κ3) is 2.38. The smallest absolute Gasteiger partial charge is 0.206 e. The summed E-state index contributed by atoms with van der Waals surface area (Å²) in [7, 11) is -3.43. The van der Waals surface area contributed by atoms with Crippen molar-refractivity contribution < 1.29 is 8.42 Å². The molecule has 2 N–H and O–H groups in total. The zero-order valence-corrected chi connectivity index (χ0v) is 10.0. The molecular formula is C13H13NO2S. The number of hydrogen-bond donors (Lipinski definition) is 1. The van der Waals surface area contributed by atoms with E-state index in [1.165, 1.54) is 0 Å². The van der Waals surface area contributed by atoms with Crippen LogP contribution in [-0.4, -0.2) is 8.42 Å². The van der Waals surface area contributed by atoms with E-state index in [1.807, 2.05) is 6.07 Å². The van der Waals surface area contributed by atoms with Crippen LogP contribution in [0.1, 0.15) is 5.56 Å². The van der Waals surface area contributed by atoms with Crippen LogP contribution >= 0.6 is 0 Å². The van der Waals surface area contributed by atoms with Crippen molar-refractivity contribution in [2.45, 2.75) is 16.3 Å². The van der Waals surface area contributed by atoms with E-state index in [4.69, 9.17) is 5.73 Å². The van der Waals surface area contributed by atoms with Crippen molar-refractivity contribution in [3.8, 4) is 0 Å². The molecule has 0 aliphatic rings. The molecule has 0 saturated heterocycles. The second-order valence-electron chi connectivity index (χ2n) is 3.67. The lowest BCUT2D eigenvalue weighted by molar-refractivity contribution is 0.596. The SMILES string of the molecule is NCc1cccc(S(=O)(=O)c2ccccc2)c1. The van der Waals surface area contributed by atoms with Gasteiger partial charge in [0, 0.05) is 6.54 Å². The molecule has 0 aliphatic carbocycles. The molecule has 0 saturated carbocycles. The molecule has 0 heterocycles. The lowest BCUT2D eigenvalue weighted by atomic mass is 10.2. The van der Waals surface area contributed by atoms with Gasteiger partial charge < -0.3 is 5.73 Å². The summed E-state index contributed by atoms with van der Waals surface area (Å²) in [6.07, 6.45) is 0. The highest BCUT2D eigenvalue weighted by atomic mass is 32.2. The van der Waals surface area contributed by atoms with E-state index in [1.54, 1.807) is 48.5 Å². The first kappa shape index (κ1) is 11.8. The Bertz CT molecular complexity index is 606. The maximum absolute atomic E-state index is 12.3. The summed E-state index contributed by atoms with van der Waals surface area (Å²) in [6.45, 7) is 0.331. The Labute approximate surface area is 101 Å². The van der Waals surface area contributed by atoms with E-state index in [9.17, 15) is 8.42 Å². The fourth-order valence-corrected chi connectivity index (χ4v) is 2.93. The van der Waals surface area contributed by atoms with Gasteiger partial charge in [0.05, 0.1) is 9.79 Å². The first-order chi connectivity index (χ1) is 8.14. The van der Waals surface area contributed by atoms with Gasteiger partial charge in [-0.3, -0.25) is 0 Å². The normalized spacial score (nSPS) is 11.4. The van der Waals surface area contributed by atoms with E-state index in [0.29, 0.717) is 11.4 Å². The fourth-order valence-electron chi connectivity index (χ4n) is 1.58. The van der Waals surface area contributed by atoms with Gasteiger partial charge in [0.1, 0.15) is 0 Å². The number of nitrogens with two attached hydrogens (primary N) is 1. The Hall–Kier alpha value is -1.65. The average molecular weight is 247 g/mol. The molecule has 0 radical (unpaired) electrons. The summed E-state index contributed by atoms with van der Waals surface area (Å²) in [4.78, 5) is 0.584. The first-order valence-electron chi connectivity index (χ1n) is 5.24. The van der Waals surface area contributed by atoms with E-state index in [2.05, 4.69) is 0 Å². The third-order valence-corrected chi connectivity index (χ3v) is 4.27. The van der Waals surface area contributed by atoms with Gasteiger partial charge in [-0.15, -0.1) is 0 Å². The molecule has 4 heteroatoms. The van der Waals surface area contributed by atoms with Gasteiger partial charge in [0.2, 0.25) is 9.84 Å². The maximum Gasteiger partial charge on any atom is 0.206 e. The third-order valence-electron chi connectivity index (χ3n) is 2.50. The van der Waals surface area contributed by atoms with Crippen LogP contribution in [0.2, 0.25) is 0 Å². The molecule has 0 fully saturated rings. The molecular weight excluding hydrogens is 234 g/mol. The highest BCUT2D eigenvalue weighted by Gasteiger charge is 2.16. The van der Waals surface area contributed by atoms with E-state index in [-0.39, 0.29) is 4.90 Å². The van der Waals surface area contributed by atoms with Crippen LogP contribution in [0.15, 0.2) is 64.4 Å². The van der Waals surface area contributed by atoms with Crippen LogP contribution in [0, 0.1) is 0 Å². The molecule has 0 amide bonds. The van der Waals surface area contributed by atoms with Gasteiger partial charge in [0.15, 0.2) is 0 Å². The zero-order valence-electron chi connectivity index (χ0n) is 9.21. The summed E-state index contributed by atoms with van der Waals surface area (Å²) in [5, 5.41) is 0. The summed E-state index contributed by atoms with van der Waals surface area (Å²) in [6, 6.07) is 15.1. The second kappa shape index (κ2) is 4.69.